The van der Waals surface area contributed by atoms with E-state index in [1.54, 1.807) is 0 Å². The number of benzene rings is 1. The van der Waals surface area contributed by atoms with E-state index in [1.165, 1.54) is 36.0 Å². The zero-order chi connectivity index (χ0) is 14.9. The van der Waals surface area contributed by atoms with Gasteiger partial charge in [0.05, 0.1) is 11.0 Å². The quantitative estimate of drug-likeness (QED) is 0.928. The fourth-order valence-electron chi connectivity index (χ4n) is 3.86. The lowest BCUT2D eigenvalue weighted by Crippen LogP contribution is -2.46. The zero-order valence-electron chi connectivity index (χ0n) is 12.8. The predicted molar refractivity (Wildman–Crippen MR) is 86.4 cm³/mol. The summed E-state index contributed by atoms with van der Waals surface area (Å²) < 4.78 is 24.6. The van der Waals surface area contributed by atoms with Crippen molar-refractivity contribution in [3.8, 4) is 0 Å². The summed E-state index contributed by atoms with van der Waals surface area (Å²) in [6.07, 6.45) is 7.11. The molecule has 0 saturated carbocycles. The normalized spacial score (nSPS) is 25.5. The van der Waals surface area contributed by atoms with Crippen LogP contribution in [0.5, 0.6) is 0 Å². The molecular formula is C17H25NO2S. The topological polar surface area (TPSA) is 46.2 Å². The molecule has 4 heteroatoms. The minimum atomic E-state index is -2.93. The van der Waals surface area contributed by atoms with E-state index >= 15 is 0 Å². The van der Waals surface area contributed by atoms with Gasteiger partial charge in [0.1, 0.15) is 0 Å². The van der Waals surface area contributed by atoms with Crippen LogP contribution in [0.15, 0.2) is 18.2 Å². The molecule has 1 fully saturated rings. The van der Waals surface area contributed by atoms with Crippen LogP contribution in [-0.4, -0.2) is 32.5 Å². The van der Waals surface area contributed by atoms with Gasteiger partial charge in [0.2, 0.25) is 0 Å². The molecule has 2 unspecified atom stereocenters. The summed E-state index contributed by atoms with van der Waals surface area (Å²) >= 11 is 0. The third kappa shape index (κ3) is 3.16. The van der Waals surface area contributed by atoms with Crippen molar-refractivity contribution in [2.24, 2.45) is 0 Å². The zero-order valence-corrected chi connectivity index (χ0v) is 13.6. The first kappa shape index (κ1) is 15.0. The third-order valence-electron chi connectivity index (χ3n) is 5.07. The number of nitrogens with one attached hydrogen (secondary N) is 1. The lowest BCUT2D eigenvalue weighted by atomic mass is 9.97. The van der Waals surface area contributed by atoms with E-state index in [2.05, 4.69) is 23.5 Å². The Morgan fingerprint density at radius 2 is 2.00 bits per heavy atom. The molecule has 3 nitrogen and oxygen atoms in total. The summed E-state index contributed by atoms with van der Waals surface area (Å²) in [5.74, 6) is 0.361. The lowest BCUT2D eigenvalue weighted by Gasteiger charge is -2.30. The Labute approximate surface area is 128 Å². The highest BCUT2D eigenvalue weighted by atomic mass is 32.2. The molecule has 0 radical (unpaired) electrons. The van der Waals surface area contributed by atoms with Crippen LogP contribution in [0.4, 0.5) is 0 Å². The highest BCUT2D eigenvalue weighted by Crippen LogP contribution is 2.26. The number of aryl methyl sites for hydroxylation is 2. The van der Waals surface area contributed by atoms with Crippen molar-refractivity contribution >= 4 is 9.84 Å². The summed E-state index contributed by atoms with van der Waals surface area (Å²) in [5, 5.41) is 3.05. The number of likely N-dealkylation sites (N-methyl/N-ethyl adjacent to an activating group) is 1. The van der Waals surface area contributed by atoms with Gasteiger partial charge in [0.15, 0.2) is 9.84 Å². The Morgan fingerprint density at radius 3 is 2.76 bits per heavy atom. The van der Waals surface area contributed by atoms with Gasteiger partial charge in [-0.2, -0.15) is 0 Å². The maximum Gasteiger partial charge on any atom is 0.154 e. The third-order valence-corrected chi connectivity index (χ3v) is 7.41. The smallest absolute Gasteiger partial charge is 0.154 e. The minimum Gasteiger partial charge on any atom is -0.315 e. The van der Waals surface area contributed by atoms with Gasteiger partial charge >= 0.3 is 0 Å². The van der Waals surface area contributed by atoms with Crippen molar-refractivity contribution in [2.75, 3.05) is 12.8 Å². The second-order valence-corrected chi connectivity index (χ2v) is 8.80. The summed E-state index contributed by atoms with van der Waals surface area (Å²) in [5.41, 5.74) is 4.22. The predicted octanol–water partition coefficient (Wildman–Crippen LogP) is 2.27. The van der Waals surface area contributed by atoms with Gasteiger partial charge in [0.25, 0.3) is 0 Å². The van der Waals surface area contributed by atoms with E-state index in [4.69, 9.17) is 0 Å². The van der Waals surface area contributed by atoms with Gasteiger partial charge in [-0.3, -0.25) is 0 Å². The SMILES string of the molecule is CNC(Cc1ccc2c(c1)CCC2)C1CCCCS1(=O)=O. The highest BCUT2D eigenvalue weighted by Gasteiger charge is 2.34. The van der Waals surface area contributed by atoms with Crippen LogP contribution >= 0.6 is 0 Å². The minimum absolute atomic E-state index is 0.0368. The number of sulfone groups is 1. The summed E-state index contributed by atoms with van der Waals surface area (Å²) in [7, 11) is -1.04. The van der Waals surface area contributed by atoms with Gasteiger partial charge in [0, 0.05) is 6.04 Å². The molecular weight excluding hydrogens is 282 g/mol. The first-order chi connectivity index (χ1) is 10.1. The van der Waals surface area contributed by atoms with Crippen LogP contribution in [0.25, 0.3) is 0 Å². The Balaban J connectivity index is 1.78. The van der Waals surface area contributed by atoms with Crippen LogP contribution in [0.3, 0.4) is 0 Å². The highest BCUT2D eigenvalue weighted by molar-refractivity contribution is 7.92. The second kappa shape index (κ2) is 6.09. The van der Waals surface area contributed by atoms with Crippen LogP contribution < -0.4 is 5.32 Å². The molecule has 2 aliphatic rings. The Kier molecular flexibility index (Phi) is 4.36. The maximum atomic E-state index is 12.3. The molecule has 2 atom stereocenters. The molecule has 116 valence electrons. The van der Waals surface area contributed by atoms with Gasteiger partial charge in [-0.25, -0.2) is 8.42 Å². The van der Waals surface area contributed by atoms with Crippen LogP contribution in [-0.2, 0) is 29.1 Å². The summed E-state index contributed by atoms with van der Waals surface area (Å²) in [6, 6.07) is 6.75. The van der Waals surface area contributed by atoms with Crippen LogP contribution in [0.1, 0.15) is 42.4 Å². The van der Waals surface area contributed by atoms with E-state index in [0.717, 1.165) is 25.7 Å². The first-order valence-corrected chi connectivity index (χ1v) is 9.81. The van der Waals surface area contributed by atoms with Crippen molar-refractivity contribution in [3.63, 3.8) is 0 Å². The molecule has 1 N–H and O–H groups in total. The van der Waals surface area contributed by atoms with Crippen molar-refractivity contribution in [1.82, 2.24) is 5.32 Å². The molecule has 21 heavy (non-hydrogen) atoms. The molecule has 1 aromatic carbocycles. The van der Waals surface area contributed by atoms with Gasteiger partial charge in [-0.15, -0.1) is 0 Å². The molecule has 0 bridgehead atoms. The fraction of sp³-hybridized carbons (Fsp3) is 0.647. The Bertz CT molecular complexity index is 609. The largest absolute Gasteiger partial charge is 0.315 e. The van der Waals surface area contributed by atoms with Crippen LogP contribution in [0, 0.1) is 0 Å². The molecule has 1 saturated heterocycles. The molecule has 1 aliphatic carbocycles. The lowest BCUT2D eigenvalue weighted by molar-refractivity contribution is 0.456. The molecule has 0 spiro atoms. The van der Waals surface area contributed by atoms with Gasteiger partial charge < -0.3 is 5.32 Å². The number of hydrogen-bond acceptors (Lipinski definition) is 3. The van der Waals surface area contributed by atoms with Crippen molar-refractivity contribution in [2.45, 2.75) is 56.2 Å². The van der Waals surface area contributed by atoms with Crippen LogP contribution in [0.2, 0.25) is 0 Å². The van der Waals surface area contributed by atoms with E-state index in [0.29, 0.717) is 5.75 Å². The monoisotopic (exact) mass is 307 g/mol. The van der Waals surface area contributed by atoms with Gasteiger partial charge in [-0.1, -0.05) is 24.6 Å². The van der Waals surface area contributed by atoms with Gasteiger partial charge in [-0.05, 0) is 62.3 Å². The van der Waals surface area contributed by atoms with E-state index in [-0.39, 0.29) is 11.3 Å². The average Bonchev–Trinajstić information content (AvgIpc) is 2.92. The molecule has 0 amide bonds. The summed E-state index contributed by atoms with van der Waals surface area (Å²) in [4.78, 5) is 0. The molecule has 3 rings (SSSR count). The van der Waals surface area contributed by atoms with E-state index < -0.39 is 9.84 Å². The fourth-order valence-corrected chi connectivity index (χ4v) is 6.02. The second-order valence-electron chi connectivity index (χ2n) is 6.46. The average molecular weight is 307 g/mol. The number of rotatable bonds is 4. The van der Waals surface area contributed by atoms with Crippen molar-refractivity contribution < 1.29 is 8.42 Å². The molecule has 1 aliphatic heterocycles. The Hall–Kier alpha value is -0.870. The van der Waals surface area contributed by atoms with E-state index in [9.17, 15) is 8.42 Å². The Morgan fingerprint density at radius 1 is 1.19 bits per heavy atom. The first-order valence-electron chi connectivity index (χ1n) is 8.09. The number of fused-ring (bicyclic) bond motifs is 1. The summed E-state index contributed by atoms with van der Waals surface area (Å²) in [6.45, 7) is 0. The van der Waals surface area contributed by atoms with E-state index in [1.807, 2.05) is 7.05 Å². The molecule has 0 aromatic heterocycles. The number of hydrogen-bond donors (Lipinski definition) is 1. The van der Waals surface area contributed by atoms with Crippen molar-refractivity contribution in [3.05, 3.63) is 34.9 Å². The molecule has 1 heterocycles. The van der Waals surface area contributed by atoms with Crippen molar-refractivity contribution in [1.29, 1.82) is 0 Å². The maximum absolute atomic E-state index is 12.3. The molecule has 1 aromatic rings. The standard InChI is InChI=1S/C17H25NO2S/c1-18-16(17-7-2-3-10-21(17,19)20)12-13-8-9-14-5-4-6-15(14)11-13/h8-9,11,16-18H,2-7,10,12H2,1H3.